The van der Waals surface area contributed by atoms with Crippen LogP contribution in [0.5, 0.6) is 0 Å². The molecule has 19 heavy (non-hydrogen) atoms. The Morgan fingerprint density at radius 3 is 2.47 bits per heavy atom. The van der Waals surface area contributed by atoms with E-state index in [2.05, 4.69) is 32.0 Å². The summed E-state index contributed by atoms with van der Waals surface area (Å²) >= 11 is 0. The van der Waals surface area contributed by atoms with Gasteiger partial charge in [0.05, 0.1) is 6.07 Å². The molecule has 1 heterocycles. The maximum absolute atomic E-state index is 8.82. The highest BCUT2D eigenvalue weighted by Crippen LogP contribution is 2.33. The summed E-state index contributed by atoms with van der Waals surface area (Å²) in [6, 6.07) is 12.2. The third-order valence-electron chi connectivity index (χ3n) is 3.00. The van der Waals surface area contributed by atoms with E-state index >= 15 is 0 Å². The summed E-state index contributed by atoms with van der Waals surface area (Å²) in [6.45, 7) is 6.29. The molecule has 1 aromatic heterocycles. The van der Waals surface area contributed by atoms with E-state index in [4.69, 9.17) is 9.78 Å². The van der Waals surface area contributed by atoms with Gasteiger partial charge in [0.1, 0.15) is 11.5 Å². The monoisotopic (exact) mass is 254 g/mol. The smallest absolute Gasteiger partial charge is 0.145 e. The first-order valence-electron chi connectivity index (χ1n) is 6.45. The van der Waals surface area contributed by atoms with Crippen molar-refractivity contribution < 1.29 is 4.52 Å². The lowest BCUT2D eigenvalue weighted by Crippen LogP contribution is -2.12. The number of aromatic nitrogens is 1. The fraction of sp³-hybridized carbons (Fsp3) is 0.375. The average molecular weight is 254 g/mol. The second-order valence-electron chi connectivity index (χ2n) is 5.61. The fourth-order valence-corrected chi connectivity index (χ4v) is 2.13. The van der Waals surface area contributed by atoms with Gasteiger partial charge in [0.25, 0.3) is 0 Å². The Bertz CT molecular complexity index is 585. The third kappa shape index (κ3) is 2.85. The summed E-state index contributed by atoms with van der Waals surface area (Å²) in [5, 5.41) is 13.0. The van der Waals surface area contributed by atoms with Crippen LogP contribution in [-0.2, 0) is 11.8 Å². The topological polar surface area (TPSA) is 49.8 Å². The van der Waals surface area contributed by atoms with Crippen LogP contribution in [0.3, 0.4) is 0 Å². The molecule has 0 aliphatic rings. The maximum atomic E-state index is 8.82. The van der Waals surface area contributed by atoms with E-state index in [1.807, 2.05) is 30.3 Å². The van der Waals surface area contributed by atoms with Crippen molar-refractivity contribution in [2.24, 2.45) is 0 Å². The molecule has 0 radical (unpaired) electrons. The summed E-state index contributed by atoms with van der Waals surface area (Å²) in [6.07, 6.45) is 1.15. The normalized spacial score (nSPS) is 11.3. The molecule has 2 aromatic rings. The number of nitriles is 1. The standard InChI is InChI=1S/C16H18N2O/c1-16(2,3)15-13(10-7-11-17)14(18-19-15)12-8-5-4-6-9-12/h4-6,8-9H,7,10H2,1-3H3. The molecule has 2 rings (SSSR count). The van der Waals surface area contributed by atoms with Crippen LogP contribution in [0.15, 0.2) is 34.9 Å². The van der Waals surface area contributed by atoms with E-state index in [1.165, 1.54) is 0 Å². The predicted molar refractivity (Wildman–Crippen MR) is 74.6 cm³/mol. The van der Waals surface area contributed by atoms with Crippen LogP contribution in [0.4, 0.5) is 0 Å². The minimum atomic E-state index is -0.106. The van der Waals surface area contributed by atoms with Crippen molar-refractivity contribution in [3.8, 4) is 17.3 Å². The van der Waals surface area contributed by atoms with Crippen LogP contribution in [0.25, 0.3) is 11.3 Å². The van der Waals surface area contributed by atoms with Gasteiger partial charge in [-0.15, -0.1) is 0 Å². The van der Waals surface area contributed by atoms with Crippen LogP contribution < -0.4 is 0 Å². The lowest BCUT2D eigenvalue weighted by molar-refractivity contribution is 0.328. The van der Waals surface area contributed by atoms with Gasteiger partial charge in [-0.1, -0.05) is 56.3 Å². The minimum absolute atomic E-state index is 0.106. The SMILES string of the molecule is CC(C)(C)c1onc(-c2ccccc2)c1CCC#N. The van der Waals surface area contributed by atoms with Crippen LogP contribution in [0.1, 0.15) is 38.5 Å². The summed E-state index contributed by atoms with van der Waals surface area (Å²) in [7, 11) is 0. The highest BCUT2D eigenvalue weighted by Gasteiger charge is 2.26. The van der Waals surface area contributed by atoms with Gasteiger partial charge in [0.15, 0.2) is 0 Å². The van der Waals surface area contributed by atoms with E-state index < -0.39 is 0 Å². The van der Waals surface area contributed by atoms with Crippen LogP contribution >= 0.6 is 0 Å². The molecule has 1 aromatic carbocycles. The summed E-state index contributed by atoms with van der Waals surface area (Å²) in [5.41, 5.74) is 2.85. The third-order valence-corrected chi connectivity index (χ3v) is 3.00. The Morgan fingerprint density at radius 2 is 1.89 bits per heavy atom. The second-order valence-corrected chi connectivity index (χ2v) is 5.61. The average Bonchev–Trinajstić information content (AvgIpc) is 2.81. The van der Waals surface area contributed by atoms with Crippen molar-refractivity contribution in [2.45, 2.75) is 39.0 Å². The first kappa shape index (κ1) is 13.4. The Kier molecular flexibility index (Phi) is 3.71. The van der Waals surface area contributed by atoms with Gasteiger partial charge in [-0.3, -0.25) is 0 Å². The number of benzene rings is 1. The zero-order valence-corrected chi connectivity index (χ0v) is 11.6. The largest absolute Gasteiger partial charge is 0.360 e. The molecule has 3 heteroatoms. The Morgan fingerprint density at radius 1 is 1.21 bits per heavy atom. The number of rotatable bonds is 3. The zero-order chi connectivity index (χ0) is 13.9. The molecule has 0 amide bonds. The fourth-order valence-electron chi connectivity index (χ4n) is 2.13. The molecule has 0 atom stereocenters. The molecule has 0 N–H and O–H groups in total. The molecule has 0 spiro atoms. The zero-order valence-electron chi connectivity index (χ0n) is 11.6. The van der Waals surface area contributed by atoms with E-state index in [-0.39, 0.29) is 5.41 Å². The molecular weight excluding hydrogens is 236 g/mol. The van der Waals surface area contributed by atoms with Crippen LogP contribution in [0, 0.1) is 11.3 Å². The van der Waals surface area contributed by atoms with Crippen molar-refractivity contribution in [1.82, 2.24) is 5.16 Å². The molecule has 0 saturated heterocycles. The maximum Gasteiger partial charge on any atom is 0.145 e. The van der Waals surface area contributed by atoms with Crippen molar-refractivity contribution >= 4 is 0 Å². The van der Waals surface area contributed by atoms with Crippen molar-refractivity contribution in [1.29, 1.82) is 5.26 Å². The molecule has 0 bridgehead atoms. The van der Waals surface area contributed by atoms with Gasteiger partial charge in [-0.05, 0) is 6.42 Å². The molecule has 3 nitrogen and oxygen atoms in total. The van der Waals surface area contributed by atoms with Crippen LogP contribution in [0.2, 0.25) is 0 Å². The summed E-state index contributed by atoms with van der Waals surface area (Å²) < 4.78 is 5.55. The van der Waals surface area contributed by atoms with Crippen molar-refractivity contribution in [3.05, 3.63) is 41.7 Å². The molecule has 0 aliphatic heterocycles. The lowest BCUT2D eigenvalue weighted by atomic mass is 9.87. The highest BCUT2D eigenvalue weighted by atomic mass is 16.5. The first-order chi connectivity index (χ1) is 9.04. The predicted octanol–water partition coefficient (Wildman–Crippen LogP) is 4.10. The van der Waals surface area contributed by atoms with E-state index in [1.54, 1.807) is 0 Å². The van der Waals surface area contributed by atoms with Gasteiger partial charge < -0.3 is 4.52 Å². The molecule has 0 saturated carbocycles. The van der Waals surface area contributed by atoms with E-state index in [9.17, 15) is 0 Å². The quantitative estimate of drug-likeness (QED) is 0.828. The first-order valence-corrected chi connectivity index (χ1v) is 6.45. The Hall–Kier alpha value is -2.08. The van der Waals surface area contributed by atoms with E-state index in [0.717, 1.165) is 22.6 Å². The molecule has 0 fully saturated rings. The Balaban J connectivity index is 2.51. The lowest BCUT2D eigenvalue weighted by Gasteiger charge is -2.16. The highest BCUT2D eigenvalue weighted by molar-refractivity contribution is 5.63. The van der Waals surface area contributed by atoms with E-state index in [0.29, 0.717) is 12.8 Å². The minimum Gasteiger partial charge on any atom is -0.360 e. The molecule has 0 aliphatic carbocycles. The number of nitrogens with zero attached hydrogens (tertiary/aromatic N) is 2. The van der Waals surface area contributed by atoms with Crippen LogP contribution in [-0.4, -0.2) is 5.16 Å². The Labute approximate surface area is 113 Å². The van der Waals surface area contributed by atoms with Gasteiger partial charge in [-0.2, -0.15) is 5.26 Å². The van der Waals surface area contributed by atoms with Gasteiger partial charge in [-0.25, -0.2) is 0 Å². The van der Waals surface area contributed by atoms with Gasteiger partial charge in [0.2, 0.25) is 0 Å². The molecule has 0 unspecified atom stereocenters. The van der Waals surface area contributed by atoms with Crippen molar-refractivity contribution in [2.75, 3.05) is 0 Å². The number of hydrogen-bond donors (Lipinski definition) is 0. The number of hydrogen-bond acceptors (Lipinski definition) is 3. The summed E-state index contributed by atoms with van der Waals surface area (Å²) in [5.74, 6) is 0.876. The second kappa shape index (κ2) is 5.27. The molecular formula is C16H18N2O. The summed E-state index contributed by atoms with van der Waals surface area (Å²) in [4.78, 5) is 0. The van der Waals surface area contributed by atoms with Crippen molar-refractivity contribution in [3.63, 3.8) is 0 Å². The molecule has 98 valence electrons. The van der Waals surface area contributed by atoms with Gasteiger partial charge >= 0.3 is 0 Å². The van der Waals surface area contributed by atoms with Gasteiger partial charge in [0, 0.05) is 23.0 Å².